The Kier molecular flexibility index (Phi) is 4.09. The van der Waals surface area contributed by atoms with Gasteiger partial charge in [-0.3, -0.25) is 14.8 Å². The van der Waals surface area contributed by atoms with E-state index in [9.17, 15) is 4.79 Å². The number of fused-ring (bicyclic) bond motifs is 2. The van der Waals surface area contributed by atoms with E-state index in [2.05, 4.69) is 32.1 Å². The normalized spacial score (nSPS) is 16.1. The number of pyridine rings is 2. The summed E-state index contributed by atoms with van der Waals surface area (Å²) < 4.78 is 0. The zero-order valence-corrected chi connectivity index (χ0v) is 15.2. The molecule has 1 amide bonds. The molecular formula is C22H19N5O. The van der Waals surface area contributed by atoms with E-state index in [1.165, 1.54) is 0 Å². The minimum Gasteiger partial charge on any atom is -0.348 e. The Hall–Kier alpha value is -3.54. The van der Waals surface area contributed by atoms with Crippen LogP contribution in [0.2, 0.25) is 0 Å². The van der Waals surface area contributed by atoms with Gasteiger partial charge in [0.2, 0.25) is 5.91 Å². The molecule has 0 radical (unpaired) electrons. The molecule has 28 heavy (non-hydrogen) atoms. The number of carbonyl (C=O) groups excluding carboxylic acids is 1. The molecule has 5 rings (SSSR count). The van der Waals surface area contributed by atoms with Crippen molar-refractivity contribution < 1.29 is 4.79 Å². The lowest BCUT2D eigenvalue weighted by Gasteiger charge is -2.34. The topological polar surface area (TPSA) is 74.8 Å². The van der Waals surface area contributed by atoms with Gasteiger partial charge in [0.05, 0.1) is 24.1 Å². The Morgan fingerprint density at radius 2 is 1.93 bits per heavy atom. The van der Waals surface area contributed by atoms with Crippen LogP contribution in [0.1, 0.15) is 28.8 Å². The molecule has 1 N–H and O–H groups in total. The number of amides is 1. The third-order valence-electron chi connectivity index (χ3n) is 5.24. The highest BCUT2D eigenvalue weighted by Gasteiger charge is 2.35. The Morgan fingerprint density at radius 3 is 2.79 bits per heavy atom. The van der Waals surface area contributed by atoms with Gasteiger partial charge in [0, 0.05) is 42.1 Å². The Morgan fingerprint density at radius 1 is 1.07 bits per heavy atom. The number of benzene rings is 1. The van der Waals surface area contributed by atoms with Crippen molar-refractivity contribution in [1.29, 1.82) is 0 Å². The van der Waals surface area contributed by atoms with Crippen LogP contribution in [0.25, 0.3) is 10.8 Å². The average molecular weight is 369 g/mol. The molecule has 1 aliphatic rings. The number of aromatic nitrogens is 4. The second-order valence-corrected chi connectivity index (χ2v) is 6.96. The van der Waals surface area contributed by atoms with Crippen molar-refractivity contribution >= 4 is 16.7 Å². The van der Waals surface area contributed by atoms with Gasteiger partial charge in [-0.25, -0.2) is 4.98 Å². The third kappa shape index (κ3) is 2.93. The minimum atomic E-state index is -0.296. The van der Waals surface area contributed by atoms with Crippen molar-refractivity contribution in [3.63, 3.8) is 0 Å². The molecule has 3 aromatic heterocycles. The first-order valence-electron chi connectivity index (χ1n) is 9.36. The summed E-state index contributed by atoms with van der Waals surface area (Å²) in [7, 11) is 0. The highest BCUT2D eigenvalue weighted by molar-refractivity contribution is 5.83. The third-order valence-corrected chi connectivity index (χ3v) is 5.24. The number of nitrogens with one attached hydrogen (secondary N) is 1. The standard InChI is InChI=1S/C22H19N5O/c28-20(12-17-7-3-4-9-23-17)27-10-8-18-21(26-14-25-18)22(27)19-11-15-5-1-2-6-16(15)13-24-19/h1-7,9,11,13-14,22H,8,10,12H2,(H,25,26)/t22-/m1/s1. The highest BCUT2D eigenvalue weighted by atomic mass is 16.2. The summed E-state index contributed by atoms with van der Waals surface area (Å²) in [4.78, 5) is 31.8. The SMILES string of the molecule is O=C(Cc1ccccn1)N1CCc2[nH]cnc2[C@H]1c1cc2ccccc2cn1. The van der Waals surface area contributed by atoms with Crippen molar-refractivity contribution in [2.24, 2.45) is 0 Å². The number of nitrogens with zero attached hydrogens (tertiary/aromatic N) is 4. The molecule has 0 fully saturated rings. The molecule has 6 heteroatoms. The lowest BCUT2D eigenvalue weighted by atomic mass is 9.97. The molecule has 1 atom stereocenters. The van der Waals surface area contributed by atoms with Crippen LogP contribution in [0.4, 0.5) is 0 Å². The van der Waals surface area contributed by atoms with Crippen molar-refractivity contribution in [2.45, 2.75) is 18.9 Å². The van der Waals surface area contributed by atoms with E-state index in [1.54, 1.807) is 12.5 Å². The van der Waals surface area contributed by atoms with Gasteiger partial charge in [-0.2, -0.15) is 0 Å². The predicted octanol–water partition coefficient (Wildman–Crippen LogP) is 3.07. The quantitative estimate of drug-likeness (QED) is 0.602. The van der Waals surface area contributed by atoms with E-state index >= 15 is 0 Å². The zero-order valence-electron chi connectivity index (χ0n) is 15.2. The van der Waals surface area contributed by atoms with E-state index in [1.807, 2.05) is 47.5 Å². The maximum absolute atomic E-state index is 13.2. The number of aromatic amines is 1. The lowest BCUT2D eigenvalue weighted by Crippen LogP contribution is -2.42. The van der Waals surface area contributed by atoms with Crippen LogP contribution in [-0.2, 0) is 17.6 Å². The first-order chi connectivity index (χ1) is 13.8. The van der Waals surface area contributed by atoms with Gasteiger partial charge in [-0.1, -0.05) is 30.3 Å². The molecule has 0 aliphatic carbocycles. The van der Waals surface area contributed by atoms with Crippen LogP contribution in [-0.4, -0.2) is 37.3 Å². The summed E-state index contributed by atoms with van der Waals surface area (Å²) in [6, 6.07) is 15.5. The van der Waals surface area contributed by atoms with Crippen molar-refractivity contribution in [3.05, 3.63) is 90.0 Å². The molecule has 6 nitrogen and oxygen atoms in total. The van der Waals surface area contributed by atoms with E-state index in [0.717, 1.165) is 40.0 Å². The molecule has 0 saturated carbocycles. The summed E-state index contributed by atoms with van der Waals surface area (Å²) in [6.45, 7) is 0.625. The Bertz CT molecular complexity index is 1140. The van der Waals surface area contributed by atoms with E-state index in [0.29, 0.717) is 6.54 Å². The molecule has 1 aliphatic heterocycles. The molecule has 0 bridgehead atoms. The smallest absolute Gasteiger partial charge is 0.229 e. The van der Waals surface area contributed by atoms with E-state index in [-0.39, 0.29) is 18.4 Å². The Labute approximate surface area is 162 Å². The number of hydrogen-bond acceptors (Lipinski definition) is 4. The maximum Gasteiger partial charge on any atom is 0.229 e. The van der Waals surface area contributed by atoms with Gasteiger partial charge in [0.25, 0.3) is 0 Å². The first kappa shape index (κ1) is 16.6. The van der Waals surface area contributed by atoms with Crippen LogP contribution >= 0.6 is 0 Å². The maximum atomic E-state index is 13.2. The largest absolute Gasteiger partial charge is 0.348 e. The van der Waals surface area contributed by atoms with E-state index in [4.69, 9.17) is 0 Å². The molecule has 1 aromatic carbocycles. The molecule has 0 unspecified atom stereocenters. The number of H-pyrrole nitrogens is 1. The van der Waals surface area contributed by atoms with Gasteiger partial charge in [-0.05, 0) is 23.6 Å². The predicted molar refractivity (Wildman–Crippen MR) is 106 cm³/mol. The van der Waals surface area contributed by atoms with Crippen LogP contribution < -0.4 is 0 Å². The Balaban J connectivity index is 1.55. The number of hydrogen-bond donors (Lipinski definition) is 1. The highest BCUT2D eigenvalue weighted by Crippen LogP contribution is 2.33. The van der Waals surface area contributed by atoms with E-state index < -0.39 is 0 Å². The minimum absolute atomic E-state index is 0.0345. The van der Waals surface area contributed by atoms with Crippen molar-refractivity contribution in [1.82, 2.24) is 24.8 Å². The molecule has 0 spiro atoms. The molecular weight excluding hydrogens is 350 g/mol. The summed E-state index contributed by atoms with van der Waals surface area (Å²) in [5.74, 6) is 0.0345. The monoisotopic (exact) mass is 369 g/mol. The summed E-state index contributed by atoms with van der Waals surface area (Å²) in [5, 5.41) is 2.18. The molecule has 4 heterocycles. The summed E-state index contributed by atoms with van der Waals surface area (Å²) in [6.07, 6.45) is 6.31. The number of imidazole rings is 1. The zero-order chi connectivity index (χ0) is 18.9. The fraction of sp³-hybridized carbons (Fsp3) is 0.182. The van der Waals surface area contributed by atoms with Gasteiger partial charge in [0.1, 0.15) is 6.04 Å². The van der Waals surface area contributed by atoms with Crippen LogP contribution in [0, 0.1) is 0 Å². The first-order valence-corrected chi connectivity index (χ1v) is 9.36. The summed E-state index contributed by atoms with van der Waals surface area (Å²) >= 11 is 0. The van der Waals surface area contributed by atoms with Crippen molar-refractivity contribution in [3.8, 4) is 0 Å². The number of carbonyl (C=O) groups is 1. The van der Waals surface area contributed by atoms with Gasteiger partial charge < -0.3 is 9.88 Å². The molecule has 4 aromatic rings. The second-order valence-electron chi connectivity index (χ2n) is 6.96. The van der Waals surface area contributed by atoms with Gasteiger partial charge in [0.15, 0.2) is 0 Å². The second kappa shape index (κ2) is 6.88. The molecule has 138 valence electrons. The lowest BCUT2D eigenvalue weighted by molar-refractivity contribution is -0.132. The van der Waals surface area contributed by atoms with Crippen LogP contribution in [0.5, 0.6) is 0 Å². The van der Waals surface area contributed by atoms with Crippen LogP contribution in [0.3, 0.4) is 0 Å². The fourth-order valence-electron chi connectivity index (χ4n) is 3.85. The molecule has 0 saturated heterocycles. The van der Waals surface area contributed by atoms with Crippen molar-refractivity contribution in [2.75, 3.05) is 6.54 Å². The van der Waals surface area contributed by atoms with Crippen LogP contribution in [0.15, 0.2) is 67.3 Å². The van der Waals surface area contributed by atoms with Gasteiger partial charge in [-0.15, -0.1) is 0 Å². The fourth-order valence-corrected chi connectivity index (χ4v) is 3.85. The number of rotatable bonds is 3. The average Bonchev–Trinajstić information content (AvgIpc) is 3.22. The summed E-state index contributed by atoms with van der Waals surface area (Å²) in [5.41, 5.74) is 3.55. The van der Waals surface area contributed by atoms with Gasteiger partial charge >= 0.3 is 0 Å².